The van der Waals surface area contributed by atoms with Crippen LogP contribution >= 0.6 is 11.8 Å². The van der Waals surface area contributed by atoms with Crippen LogP contribution in [0.2, 0.25) is 0 Å². The van der Waals surface area contributed by atoms with Gasteiger partial charge in [-0.15, -0.1) is 11.8 Å². The molecule has 92 valence electrons. The molecule has 1 aromatic heterocycles. The molecule has 0 radical (unpaired) electrons. The fourth-order valence-corrected chi connectivity index (χ4v) is 3.04. The van der Waals surface area contributed by atoms with Crippen LogP contribution in [0.25, 0.3) is 0 Å². The summed E-state index contributed by atoms with van der Waals surface area (Å²) in [6.45, 7) is 0. The Kier molecular flexibility index (Phi) is 2.79. The van der Waals surface area contributed by atoms with Crippen molar-refractivity contribution in [2.75, 3.05) is 10.7 Å². The number of carbonyl (C=O) groups excluding carboxylic acids is 1. The molecule has 0 spiro atoms. The lowest BCUT2D eigenvalue weighted by Crippen LogP contribution is -2.28. The number of benzene rings is 1. The lowest BCUT2D eigenvalue weighted by atomic mass is 10.2. The fourth-order valence-electron chi connectivity index (χ4n) is 1.88. The number of thioether (sulfide) groups is 1. The quantitative estimate of drug-likeness (QED) is 0.836. The Balaban J connectivity index is 1.96. The van der Waals surface area contributed by atoms with Crippen LogP contribution in [-0.2, 0) is 4.79 Å². The molecule has 3 rings (SSSR count). The second kappa shape index (κ2) is 4.45. The Hall–Kier alpha value is -1.82. The zero-order chi connectivity index (χ0) is 12.5. The van der Waals surface area contributed by atoms with Gasteiger partial charge in [-0.1, -0.05) is 17.3 Å². The number of aromatic nitrogens is 1. The predicted molar refractivity (Wildman–Crippen MR) is 65.6 cm³/mol. The minimum atomic E-state index is -0.291. The van der Waals surface area contributed by atoms with Crippen LogP contribution in [0.4, 0.5) is 10.2 Å². The summed E-state index contributed by atoms with van der Waals surface area (Å²) in [7, 11) is 0. The number of carbonyl (C=O) groups is 1. The van der Waals surface area contributed by atoms with Crippen molar-refractivity contribution in [1.29, 1.82) is 0 Å². The number of amides is 1. The number of halogens is 1. The fraction of sp³-hybridized carbons (Fsp3) is 0.167. The van der Waals surface area contributed by atoms with Gasteiger partial charge >= 0.3 is 0 Å². The molecular formula is C12H9FN2O2S. The number of nitrogens with zero attached hydrogens (tertiary/aromatic N) is 2. The molecule has 6 heteroatoms. The van der Waals surface area contributed by atoms with Crippen molar-refractivity contribution in [3.8, 4) is 0 Å². The largest absolute Gasteiger partial charge is 0.363 e. The van der Waals surface area contributed by atoms with Crippen LogP contribution in [0.15, 0.2) is 41.1 Å². The maximum Gasteiger partial charge on any atom is 0.239 e. The second-order valence-corrected chi connectivity index (χ2v) is 4.90. The Morgan fingerprint density at radius 3 is 2.78 bits per heavy atom. The molecule has 2 heterocycles. The van der Waals surface area contributed by atoms with Crippen LogP contribution in [0, 0.1) is 5.82 Å². The summed E-state index contributed by atoms with van der Waals surface area (Å²) in [5.74, 6) is 0.554. The Morgan fingerprint density at radius 1 is 1.33 bits per heavy atom. The summed E-state index contributed by atoms with van der Waals surface area (Å²) in [5.41, 5.74) is 0.871. The van der Waals surface area contributed by atoms with E-state index in [-0.39, 0.29) is 17.1 Å². The lowest BCUT2D eigenvalue weighted by Gasteiger charge is -2.21. The first-order valence-corrected chi connectivity index (χ1v) is 6.40. The van der Waals surface area contributed by atoms with Crippen LogP contribution in [0.1, 0.15) is 10.9 Å². The van der Waals surface area contributed by atoms with E-state index in [9.17, 15) is 9.18 Å². The summed E-state index contributed by atoms with van der Waals surface area (Å²) in [6, 6.07) is 7.77. The summed E-state index contributed by atoms with van der Waals surface area (Å²) in [6.07, 6.45) is 1.42. The molecule has 4 nitrogen and oxygen atoms in total. The van der Waals surface area contributed by atoms with Crippen LogP contribution < -0.4 is 4.90 Å². The first-order valence-electron chi connectivity index (χ1n) is 5.35. The van der Waals surface area contributed by atoms with E-state index in [4.69, 9.17) is 4.52 Å². The molecule has 1 aliphatic heterocycles. The molecule has 0 aliphatic carbocycles. The van der Waals surface area contributed by atoms with Gasteiger partial charge in [0.2, 0.25) is 5.91 Å². The van der Waals surface area contributed by atoms with Crippen molar-refractivity contribution in [2.24, 2.45) is 0 Å². The van der Waals surface area contributed by atoms with E-state index in [1.165, 1.54) is 30.2 Å². The average Bonchev–Trinajstić information content (AvgIpc) is 2.99. The molecule has 2 aromatic rings. The van der Waals surface area contributed by atoms with Crippen molar-refractivity contribution in [3.63, 3.8) is 0 Å². The van der Waals surface area contributed by atoms with E-state index in [1.54, 1.807) is 23.1 Å². The van der Waals surface area contributed by atoms with Gasteiger partial charge in [-0.2, -0.15) is 0 Å². The van der Waals surface area contributed by atoms with E-state index in [0.717, 1.165) is 5.56 Å². The summed E-state index contributed by atoms with van der Waals surface area (Å²) >= 11 is 1.49. The number of anilines is 1. The summed E-state index contributed by atoms with van der Waals surface area (Å²) in [4.78, 5) is 13.4. The lowest BCUT2D eigenvalue weighted by molar-refractivity contribution is -0.115. The molecule has 1 amide bonds. The molecule has 1 atom stereocenters. The molecule has 1 aromatic carbocycles. The molecule has 0 saturated carbocycles. The van der Waals surface area contributed by atoms with E-state index in [0.29, 0.717) is 11.6 Å². The smallest absolute Gasteiger partial charge is 0.239 e. The van der Waals surface area contributed by atoms with Crippen molar-refractivity contribution in [2.45, 2.75) is 5.37 Å². The zero-order valence-corrected chi connectivity index (χ0v) is 10.1. The molecule has 1 saturated heterocycles. The van der Waals surface area contributed by atoms with Gasteiger partial charge < -0.3 is 4.52 Å². The number of hydrogen-bond donors (Lipinski definition) is 0. The van der Waals surface area contributed by atoms with E-state index < -0.39 is 0 Å². The van der Waals surface area contributed by atoms with Gasteiger partial charge in [0.1, 0.15) is 17.5 Å². The van der Waals surface area contributed by atoms with E-state index in [1.807, 2.05) is 0 Å². The minimum Gasteiger partial charge on any atom is -0.363 e. The topological polar surface area (TPSA) is 46.3 Å². The molecular weight excluding hydrogens is 255 g/mol. The molecule has 0 bridgehead atoms. The highest BCUT2D eigenvalue weighted by Crippen LogP contribution is 2.40. The highest BCUT2D eigenvalue weighted by Gasteiger charge is 2.35. The summed E-state index contributed by atoms with van der Waals surface area (Å²) in [5, 5.41) is 3.61. The molecule has 1 aliphatic rings. The van der Waals surface area contributed by atoms with Gasteiger partial charge in [0, 0.05) is 6.07 Å². The summed E-state index contributed by atoms with van der Waals surface area (Å²) < 4.78 is 17.7. The Morgan fingerprint density at radius 2 is 2.11 bits per heavy atom. The molecule has 1 fully saturated rings. The average molecular weight is 264 g/mol. The second-order valence-electron chi connectivity index (χ2n) is 3.84. The van der Waals surface area contributed by atoms with Gasteiger partial charge in [-0.05, 0) is 17.7 Å². The van der Waals surface area contributed by atoms with E-state index in [2.05, 4.69) is 5.16 Å². The van der Waals surface area contributed by atoms with Gasteiger partial charge in [0.05, 0.1) is 5.75 Å². The van der Waals surface area contributed by atoms with Crippen molar-refractivity contribution in [3.05, 3.63) is 48.0 Å². The third-order valence-electron chi connectivity index (χ3n) is 2.69. The maximum atomic E-state index is 12.9. The predicted octanol–water partition coefficient (Wildman–Crippen LogP) is 2.59. The first-order chi connectivity index (χ1) is 8.75. The Bertz CT molecular complexity index is 556. The van der Waals surface area contributed by atoms with Gasteiger partial charge in [0.25, 0.3) is 0 Å². The van der Waals surface area contributed by atoms with Gasteiger partial charge in [-0.3, -0.25) is 9.69 Å². The standard InChI is InChI=1S/C12H9FN2O2S/c13-9-3-1-8(2-4-9)12-15(11(16)7-18-12)10-5-6-17-14-10/h1-6,12H,7H2. The molecule has 1 unspecified atom stereocenters. The van der Waals surface area contributed by atoms with Crippen molar-refractivity contribution in [1.82, 2.24) is 5.16 Å². The molecule has 18 heavy (non-hydrogen) atoms. The van der Waals surface area contributed by atoms with Crippen molar-refractivity contribution < 1.29 is 13.7 Å². The minimum absolute atomic E-state index is 0.0248. The van der Waals surface area contributed by atoms with Crippen LogP contribution in [-0.4, -0.2) is 16.8 Å². The third kappa shape index (κ3) is 1.88. The normalized spacial score (nSPS) is 19.5. The van der Waals surface area contributed by atoms with Crippen molar-refractivity contribution >= 4 is 23.5 Å². The van der Waals surface area contributed by atoms with Crippen LogP contribution in [0.5, 0.6) is 0 Å². The third-order valence-corrected chi connectivity index (χ3v) is 3.91. The number of hydrogen-bond acceptors (Lipinski definition) is 4. The van der Waals surface area contributed by atoms with Crippen LogP contribution in [0.3, 0.4) is 0 Å². The monoisotopic (exact) mass is 264 g/mol. The SMILES string of the molecule is O=C1CSC(c2ccc(F)cc2)N1c1ccon1. The first kappa shape index (κ1) is 11.3. The maximum absolute atomic E-state index is 12.9. The van der Waals surface area contributed by atoms with Gasteiger partial charge in [-0.25, -0.2) is 4.39 Å². The van der Waals surface area contributed by atoms with E-state index >= 15 is 0 Å². The highest BCUT2D eigenvalue weighted by atomic mass is 32.2. The molecule has 0 N–H and O–H groups in total. The zero-order valence-electron chi connectivity index (χ0n) is 9.25. The Labute approximate surface area is 107 Å². The highest BCUT2D eigenvalue weighted by molar-refractivity contribution is 8.00. The number of rotatable bonds is 2. The van der Waals surface area contributed by atoms with Gasteiger partial charge in [0.15, 0.2) is 5.82 Å².